The molecule has 1 N–H and O–H groups in total. The van der Waals surface area contributed by atoms with E-state index in [1.54, 1.807) is 7.11 Å². The highest BCUT2D eigenvalue weighted by Gasteiger charge is 2.05. The van der Waals surface area contributed by atoms with Gasteiger partial charge in [-0.15, -0.1) is 0 Å². The highest BCUT2D eigenvalue weighted by Crippen LogP contribution is 2.17. The minimum absolute atomic E-state index is 0.794. The van der Waals surface area contributed by atoms with Crippen LogP contribution in [0, 0.1) is 6.92 Å². The summed E-state index contributed by atoms with van der Waals surface area (Å²) in [5, 5.41) is 7.97. The Balaban J connectivity index is 1.92. The molecule has 0 bridgehead atoms. The number of nitrogens with zero attached hydrogens (tertiary/aromatic N) is 2. The fourth-order valence-electron chi connectivity index (χ4n) is 2.26. The summed E-state index contributed by atoms with van der Waals surface area (Å²) in [4.78, 5) is 0. The summed E-state index contributed by atoms with van der Waals surface area (Å²) in [5.74, 6) is 0.929. The van der Waals surface area contributed by atoms with Crippen LogP contribution in [0.2, 0.25) is 0 Å². The van der Waals surface area contributed by atoms with Gasteiger partial charge in [0.25, 0.3) is 0 Å². The molecule has 0 atom stereocenters. The molecule has 4 heteroatoms. The van der Waals surface area contributed by atoms with Crippen molar-refractivity contribution in [1.82, 2.24) is 15.1 Å². The van der Waals surface area contributed by atoms with Crippen LogP contribution in [0.5, 0.6) is 5.75 Å². The summed E-state index contributed by atoms with van der Waals surface area (Å²) >= 11 is 0. The summed E-state index contributed by atoms with van der Waals surface area (Å²) in [6.45, 7) is 6.83. The van der Waals surface area contributed by atoms with Crippen LogP contribution in [0.25, 0.3) is 0 Å². The van der Waals surface area contributed by atoms with Gasteiger partial charge in [0.1, 0.15) is 5.75 Å². The first kappa shape index (κ1) is 14.6. The van der Waals surface area contributed by atoms with E-state index in [4.69, 9.17) is 4.74 Å². The molecule has 0 unspecified atom stereocenters. The highest BCUT2D eigenvalue weighted by molar-refractivity contribution is 5.33. The fourth-order valence-corrected chi connectivity index (χ4v) is 2.26. The third-order valence-corrected chi connectivity index (χ3v) is 3.32. The standard InChI is InChI=1S/C16H23N3O/c1-4-9-19-12-15(13(2)18-19)11-17-10-14-7-5-6-8-16(14)20-3/h5-8,12,17H,4,9-11H2,1-3H3. The van der Waals surface area contributed by atoms with Crippen molar-refractivity contribution in [2.45, 2.75) is 39.9 Å². The van der Waals surface area contributed by atoms with E-state index in [0.29, 0.717) is 0 Å². The van der Waals surface area contributed by atoms with E-state index in [1.807, 2.05) is 22.9 Å². The van der Waals surface area contributed by atoms with Crippen LogP contribution >= 0.6 is 0 Å². The van der Waals surface area contributed by atoms with Crippen molar-refractivity contribution in [3.8, 4) is 5.75 Å². The number of rotatable bonds is 7. The number of nitrogens with one attached hydrogen (secondary N) is 1. The van der Waals surface area contributed by atoms with E-state index < -0.39 is 0 Å². The molecule has 4 nitrogen and oxygen atoms in total. The average Bonchev–Trinajstić information content (AvgIpc) is 2.80. The third-order valence-electron chi connectivity index (χ3n) is 3.32. The van der Waals surface area contributed by atoms with Gasteiger partial charge in [0.05, 0.1) is 12.8 Å². The minimum Gasteiger partial charge on any atom is -0.496 e. The number of aromatic nitrogens is 2. The second kappa shape index (κ2) is 7.10. The monoisotopic (exact) mass is 273 g/mol. The molecule has 0 radical (unpaired) electrons. The molecule has 0 fully saturated rings. The van der Waals surface area contributed by atoms with Crippen molar-refractivity contribution in [3.63, 3.8) is 0 Å². The highest BCUT2D eigenvalue weighted by atomic mass is 16.5. The Hall–Kier alpha value is -1.81. The van der Waals surface area contributed by atoms with Crippen molar-refractivity contribution in [2.24, 2.45) is 0 Å². The molecule has 0 spiro atoms. The first-order chi connectivity index (χ1) is 9.74. The number of hydrogen-bond donors (Lipinski definition) is 1. The summed E-state index contributed by atoms with van der Waals surface area (Å²) < 4.78 is 7.37. The molecular weight excluding hydrogens is 250 g/mol. The Labute approximate surface area is 120 Å². The number of benzene rings is 1. The maximum Gasteiger partial charge on any atom is 0.123 e. The van der Waals surface area contributed by atoms with Gasteiger partial charge in [0.2, 0.25) is 0 Å². The fraction of sp³-hybridized carbons (Fsp3) is 0.438. The van der Waals surface area contributed by atoms with Gasteiger partial charge < -0.3 is 10.1 Å². The van der Waals surface area contributed by atoms with Gasteiger partial charge in [-0.2, -0.15) is 5.10 Å². The number of para-hydroxylation sites is 1. The quantitative estimate of drug-likeness (QED) is 0.843. The number of aryl methyl sites for hydroxylation is 2. The summed E-state index contributed by atoms with van der Waals surface area (Å²) in [5.41, 5.74) is 3.54. The second-order valence-electron chi connectivity index (χ2n) is 4.92. The van der Waals surface area contributed by atoms with Crippen LogP contribution in [-0.2, 0) is 19.6 Å². The normalized spacial score (nSPS) is 10.8. The van der Waals surface area contributed by atoms with Crippen LogP contribution in [0.1, 0.15) is 30.2 Å². The van der Waals surface area contributed by atoms with Gasteiger partial charge in [-0.05, 0) is 19.4 Å². The molecule has 0 saturated carbocycles. The first-order valence-electron chi connectivity index (χ1n) is 7.10. The van der Waals surface area contributed by atoms with Crippen molar-refractivity contribution in [2.75, 3.05) is 7.11 Å². The topological polar surface area (TPSA) is 39.1 Å². The number of ether oxygens (including phenoxy) is 1. The van der Waals surface area contributed by atoms with Crippen LogP contribution < -0.4 is 10.1 Å². The lowest BCUT2D eigenvalue weighted by molar-refractivity contribution is 0.407. The zero-order valence-electron chi connectivity index (χ0n) is 12.5. The largest absolute Gasteiger partial charge is 0.496 e. The predicted octanol–water partition coefficient (Wildman–Crippen LogP) is 2.90. The minimum atomic E-state index is 0.794. The smallest absolute Gasteiger partial charge is 0.123 e. The molecule has 1 heterocycles. The molecule has 0 aliphatic heterocycles. The molecule has 20 heavy (non-hydrogen) atoms. The van der Waals surface area contributed by atoms with Crippen LogP contribution in [0.3, 0.4) is 0 Å². The van der Waals surface area contributed by atoms with Gasteiger partial charge in [-0.1, -0.05) is 25.1 Å². The predicted molar refractivity (Wildman–Crippen MR) is 80.8 cm³/mol. The van der Waals surface area contributed by atoms with Gasteiger partial charge in [-0.25, -0.2) is 0 Å². The summed E-state index contributed by atoms with van der Waals surface area (Å²) in [6.07, 6.45) is 3.24. The van der Waals surface area contributed by atoms with Crippen LogP contribution in [-0.4, -0.2) is 16.9 Å². The first-order valence-corrected chi connectivity index (χ1v) is 7.10. The Bertz CT molecular complexity index is 548. The van der Waals surface area contributed by atoms with Crippen molar-refractivity contribution in [3.05, 3.63) is 47.3 Å². The van der Waals surface area contributed by atoms with Gasteiger partial charge in [0, 0.05) is 37.0 Å². The van der Waals surface area contributed by atoms with Gasteiger partial charge in [0.15, 0.2) is 0 Å². The van der Waals surface area contributed by atoms with E-state index in [9.17, 15) is 0 Å². The van der Waals surface area contributed by atoms with E-state index >= 15 is 0 Å². The molecule has 0 saturated heterocycles. The zero-order chi connectivity index (χ0) is 14.4. The number of methoxy groups -OCH3 is 1. The summed E-state index contributed by atoms with van der Waals surface area (Å²) in [6, 6.07) is 8.09. The second-order valence-corrected chi connectivity index (χ2v) is 4.92. The van der Waals surface area contributed by atoms with E-state index in [0.717, 1.165) is 37.5 Å². The number of hydrogen-bond acceptors (Lipinski definition) is 3. The summed E-state index contributed by atoms with van der Waals surface area (Å²) in [7, 11) is 1.71. The molecule has 2 rings (SSSR count). The Morgan fingerprint density at radius 1 is 1.20 bits per heavy atom. The van der Waals surface area contributed by atoms with E-state index in [1.165, 1.54) is 11.1 Å². The van der Waals surface area contributed by atoms with Gasteiger partial charge >= 0.3 is 0 Å². The Morgan fingerprint density at radius 2 is 1.95 bits per heavy atom. The third kappa shape index (κ3) is 3.61. The van der Waals surface area contributed by atoms with E-state index in [-0.39, 0.29) is 0 Å². The Kier molecular flexibility index (Phi) is 5.18. The lowest BCUT2D eigenvalue weighted by atomic mass is 10.2. The molecular formula is C16H23N3O. The van der Waals surface area contributed by atoms with Crippen molar-refractivity contribution in [1.29, 1.82) is 0 Å². The zero-order valence-corrected chi connectivity index (χ0v) is 12.5. The Morgan fingerprint density at radius 3 is 2.70 bits per heavy atom. The van der Waals surface area contributed by atoms with Crippen molar-refractivity contribution >= 4 is 0 Å². The molecule has 1 aromatic heterocycles. The maximum absolute atomic E-state index is 5.35. The molecule has 0 amide bonds. The SMILES string of the molecule is CCCn1cc(CNCc2ccccc2OC)c(C)n1. The van der Waals surface area contributed by atoms with Gasteiger partial charge in [-0.3, -0.25) is 4.68 Å². The van der Waals surface area contributed by atoms with Crippen molar-refractivity contribution < 1.29 is 4.74 Å². The molecule has 1 aromatic carbocycles. The lowest BCUT2D eigenvalue weighted by Crippen LogP contribution is -2.13. The van der Waals surface area contributed by atoms with Crippen LogP contribution in [0.15, 0.2) is 30.5 Å². The molecule has 0 aliphatic rings. The molecule has 0 aliphatic carbocycles. The average molecular weight is 273 g/mol. The van der Waals surface area contributed by atoms with E-state index in [2.05, 4.69) is 36.5 Å². The molecule has 108 valence electrons. The molecule has 2 aromatic rings. The maximum atomic E-state index is 5.35. The van der Waals surface area contributed by atoms with Crippen LogP contribution in [0.4, 0.5) is 0 Å². The lowest BCUT2D eigenvalue weighted by Gasteiger charge is -2.09.